The summed E-state index contributed by atoms with van der Waals surface area (Å²) in [5.74, 6) is -0.123. The van der Waals surface area contributed by atoms with Crippen LogP contribution in [0.3, 0.4) is 0 Å². The van der Waals surface area contributed by atoms with Crippen molar-refractivity contribution in [2.24, 2.45) is 4.99 Å². The van der Waals surface area contributed by atoms with Gasteiger partial charge in [0.1, 0.15) is 0 Å². The summed E-state index contributed by atoms with van der Waals surface area (Å²) in [6, 6.07) is 12.0. The predicted molar refractivity (Wildman–Crippen MR) is 153 cm³/mol. The molecule has 0 radical (unpaired) electrons. The third kappa shape index (κ3) is 8.08. The summed E-state index contributed by atoms with van der Waals surface area (Å²) in [6.45, 7) is 14.0. The highest BCUT2D eigenvalue weighted by Gasteiger charge is 2.21. The molecule has 0 fully saturated rings. The number of aromatic nitrogens is 1. The SMILES string of the molecule is C=C/C(Cl)=C\N=C(C)CCC.CCCCc1c(C(C)c2ccc(C)cc2)[nH]c2ccc(Cl)c(F)c12. The van der Waals surface area contributed by atoms with Crippen LogP contribution in [-0.2, 0) is 6.42 Å². The molecule has 0 saturated heterocycles. The van der Waals surface area contributed by atoms with Gasteiger partial charge in [0.25, 0.3) is 0 Å². The van der Waals surface area contributed by atoms with Crippen LogP contribution in [0.2, 0.25) is 5.02 Å². The van der Waals surface area contributed by atoms with Gasteiger partial charge in [0.15, 0.2) is 5.82 Å². The Bertz CT molecular complexity index is 1170. The minimum absolute atomic E-state index is 0.183. The summed E-state index contributed by atoms with van der Waals surface area (Å²) in [5.41, 5.74) is 6.58. The Hall–Kier alpha value is -2.36. The quantitative estimate of drug-likeness (QED) is 0.217. The van der Waals surface area contributed by atoms with Crippen molar-refractivity contribution in [2.45, 2.75) is 72.6 Å². The number of rotatable bonds is 9. The third-order valence-corrected chi connectivity index (χ3v) is 6.54. The lowest BCUT2D eigenvalue weighted by Gasteiger charge is -2.14. The molecule has 0 spiro atoms. The lowest BCUT2D eigenvalue weighted by molar-refractivity contribution is 0.638. The van der Waals surface area contributed by atoms with E-state index in [-0.39, 0.29) is 16.8 Å². The van der Waals surface area contributed by atoms with Gasteiger partial charge in [-0.1, -0.05) is 93.2 Å². The van der Waals surface area contributed by atoms with Crippen LogP contribution in [0, 0.1) is 12.7 Å². The molecule has 5 heteroatoms. The van der Waals surface area contributed by atoms with Crippen molar-refractivity contribution >= 4 is 39.8 Å². The first-order valence-corrected chi connectivity index (χ1v) is 13.0. The highest BCUT2D eigenvalue weighted by Crippen LogP contribution is 2.36. The van der Waals surface area contributed by atoms with Gasteiger partial charge in [-0.25, -0.2) is 4.39 Å². The van der Waals surface area contributed by atoms with Crippen molar-refractivity contribution in [1.29, 1.82) is 0 Å². The minimum atomic E-state index is -0.307. The van der Waals surface area contributed by atoms with Crippen LogP contribution in [0.25, 0.3) is 10.9 Å². The third-order valence-electron chi connectivity index (χ3n) is 6.00. The predicted octanol–water partition coefficient (Wildman–Crippen LogP) is 10.3. The fraction of sp³-hybridized carbons (Fsp3) is 0.367. The molecule has 3 aromatic rings. The van der Waals surface area contributed by atoms with Gasteiger partial charge < -0.3 is 4.98 Å². The van der Waals surface area contributed by atoms with Gasteiger partial charge in [0, 0.05) is 34.4 Å². The maximum absolute atomic E-state index is 14.7. The molecule has 1 aromatic heterocycles. The van der Waals surface area contributed by atoms with Gasteiger partial charge in [0.05, 0.1) is 10.1 Å². The van der Waals surface area contributed by atoms with Crippen molar-refractivity contribution in [3.05, 3.63) is 93.5 Å². The zero-order valence-corrected chi connectivity index (χ0v) is 23.0. The van der Waals surface area contributed by atoms with E-state index in [1.54, 1.807) is 18.3 Å². The van der Waals surface area contributed by atoms with Gasteiger partial charge in [-0.15, -0.1) is 0 Å². The number of fused-ring (bicyclic) bond motifs is 1. The molecule has 0 aliphatic rings. The van der Waals surface area contributed by atoms with Crippen LogP contribution in [0.5, 0.6) is 0 Å². The van der Waals surface area contributed by atoms with Crippen LogP contribution >= 0.6 is 23.2 Å². The van der Waals surface area contributed by atoms with Gasteiger partial charge in [-0.05, 0) is 62.4 Å². The fourth-order valence-corrected chi connectivity index (χ4v) is 4.17. The molecule has 0 saturated carbocycles. The lowest BCUT2D eigenvalue weighted by Crippen LogP contribution is -2.01. The molecule has 1 atom stereocenters. The molecule has 188 valence electrons. The highest BCUT2D eigenvalue weighted by molar-refractivity contribution is 6.31. The molecule has 1 N–H and O–H groups in total. The summed E-state index contributed by atoms with van der Waals surface area (Å²) in [6.07, 6.45) is 8.32. The zero-order valence-electron chi connectivity index (χ0n) is 21.5. The Morgan fingerprint density at radius 3 is 2.43 bits per heavy atom. The fourth-order valence-electron chi connectivity index (χ4n) is 3.96. The van der Waals surface area contributed by atoms with E-state index >= 15 is 0 Å². The van der Waals surface area contributed by atoms with Gasteiger partial charge >= 0.3 is 0 Å². The van der Waals surface area contributed by atoms with Crippen LogP contribution in [0.15, 0.2) is 65.3 Å². The van der Waals surface area contributed by atoms with Crippen molar-refractivity contribution in [1.82, 2.24) is 4.98 Å². The molecule has 2 aromatic carbocycles. The number of aromatic amines is 1. The highest BCUT2D eigenvalue weighted by atomic mass is 35.5. The van der Waals surface area contributed by atoms with Gasteiger partial charge in [-0.3, -0.25) is 4.99 Å². The number of aryl methyl sites for hydroxylation is 2. The lowest BCUT2D eigenvalue weighted by atomic mass is 9.92. The van der Waals surface area contributed by atoms with Crippen LogP contribution in [0.1, 0.15) is 81.7 Å². The van der Waals surface area contributed by atoms with Crippen LogP contribution < -0.4 is 0 Å². The second-order valence-electron chi connectivity index (χ2n) is 8.87. The van der Waals surface area contributed by atoms with Crippen molar-refractivity contribution in [2.75, 3.05) is 0 Å². The first-order valence-electron chi connectivity index (χ1n) is 12.3. The van der Waals surface area contributed by atoms with E-state index in [9.17, 15) is 4.39 Å². The standard InChI is InChI=1S/C21H23ClFN.C9H14ClN/c1-4-5-6-16-19-18(12-11-17(22)20(19)23)24-21(16)14(3)15-9-7-13(2)8-10-15;1-4-6-8(3)11-7-9(10)5-2/h7-12,14,24H,4-6H2,1-3H3;5,7H,2,4,6H2,1,3H3/b;9-7+,11-8?. The maximum Gasteiger partial charge on any atom is 0.151 e. The Kier molecular flexibility index (Phi) is 11.8. The number of halogens is 3. The van der Waals surface area contributed by atoms with Crippen molar-refractivity contribution < 1.29 is 4.39 Å². The molecule has 1 heterocycles. The Morgan fingerprint density at radius 1 is 1.14 bits per heavy atom. The number of nitrogens with one attached hydrogen (secondary N) is 1. The second-order valence-corrected chi connectivity index (χ2v) is 9.71. The second kappa shape index (κ2) is 14.3. The Morgan fingerprint density at radius 2 is 1.83 bits per heavy atom. The first kappa shape index (κ1) is 28.9. The number of H-pyrrole nitrogens is 1. The smallest absolute Gasteiger partial charge is 0.151 e. The minimum Gasteiger partial charge on any atom is -0.358 e. The summed E-state index contributed by atoms with van der Waals surface area (Å²) in [7, 11) is 0. The van der Waals surface area contributed by atoms with E-state index in [1.807, 2.05) is 13.0 Å². The summed E-state index contributed by atoms with van der Waals surface area (Å²) < 4.78 is 14.7. The molecule has 1 unspecified atom stereocenters. The summed E-state index contributed by atoms with van der Waals surface area (Å²) in [4.78, 5) is 7.59. The Balaban J connectivity index is 0.000000334. The molecule has 35 heavy (non-hydrogen) atoms. The summed E-state index contributed by atoms with van der Waals surface area (Å²) in [5, 5.41) is 1.43. The monoisotopic (exact) mass is 514 g/mol. The number of aliphatic imine (C=N–C) groups is 1. The molecule has 2 nitrogen and oxygen atoms in total. The van der Waals surface area contributed by atoms with Gasteiger partial charge in [-0.2, -0.15) is 0 Å². The topological polar surface area (TPSA) is 28.1 Å². The maximum atomic E-state index is 14.7. The molecule has 3 rings (SSSR count). The van der Waals surface area contributed by atoms with E-state index in [2.05, 4.69) is 68.5 Å². The first-order chi connectivity index (χ1) is 16.7. The number of allylic oxidation sites excluding steroid dienone is 2. The molecule has 0 aliphatic heterocycles. The average molecular weight is 516 g/mol. The average Bonchev–Trinajstić information content (AvgIpc) is 3.23. The van der Waals surface area contributed by atoms with E-state index < -0.39 is 0 Å². The molecule has 0 bridgehead atoms. The number of hydrogen-bond acceptors (Lipinski definition) is 1. The number of nitrogens with zero attached hydrogens (tertiary/aromatic N) is 1. The van der Waals surface area contributed by atoms with E-state index in [0.717, 1.165) is 54.6 Å². The van der Waals surface area contributed by atoms with Crippen LogP contribution in [-0.4, -0.2) is 10.7 Å². The number of unbranched alkanes of at least 4 members (excludes halogenated alkanes) is 1. The van der Waals surface area contributed by atoms with Crippen molar-refractivity contribution in [3.8, 4) is 0 Å². The largest absolute Gasteiger partial charge is 0.358 e. The van der Waals surface area contributed by atoms with E-state index in [4.69, 9.17) is 23.2 Å². The number of benzene rings is 2. The Labute approximate surface area is 220 Å². The normalized spacial score (nSPS) is 12.9. The molecule has 0 aliphatic carbocycles. The van der Waals surface area contributed by atoms with E-state index in [0.29, 0.717) is 10.4 Å². The van der Waals surface area contributed by atoms with Gasteiger partial charge in [0.2, 0.25) is 0 Å². The number of hydrogen-bond donors (Lipinski definition) is 1. The molecular weight excluding hydrogens is 478 g/mol. The van der Waals surface area contributed by atoms with Crippen LogP contribution in [0.4, 0.5) is 4.39 Å². The summed E-state index contributed by atoms with van der Waals surface area (Å²) >= 11 is 11.7. The zero-order chi connectivity index (χ0) is 26.0. The molecule has 0 amide bonds. The molecular formula is C30H37Cl2FN2. The van der Waals surface area contributed by atoms with E-state index in [1.165, 1.54) is 11.1 Å². The van der Waals surface area contributed by atoms with Crippen molar-refractivity contribution in [3.63, 3.8) is 0 Å².